The fourth-order valence-corrected chi connectivity index (χ4v) is 3.06. The van der Waals surface area contributed by atoms with Crippen LogP contribution in [0.2, 0.25) is 15.1 Å². The molecule has 0 aliphatic rings. The summed E-state index contributed by atoms with van der Waals surface area (Å²) in [6.45, 7) is 0.240. The fraction of sp³-hybridized carbons (Fsp3) is 0.0526. The molecule has 0 atom stereocenters. The highest BCUT2D eigenvalue weighted by Gasteiger charge is 2.16. The fourth-order valence-electron chi connectivity index (χ4n) is 2.39. The molecule has 0 bridgehead atoms. The molecule has 2 heterocycles. The molecule has 0 N–H and O–H groups in total. The van der Waals surface area contributed by atoms with Gasteiger partial charge in [-0.25, -0.2) is 0 Å². The predicted molar refractivity (Wildman–Crippen MR) is 103 cm³/mol. The van der Waals surface area contributed by atoms with E-state index in [0.29, 0.717) is 43.7 Å². The van der Waals surface area contributed by atoms with Crippen LogP contribution in [0, 0.1) is 0 Å². The van der Waals surface area contributed by atoms with E-state index in [1.807, 2.05) is 12.1 Å². The van der Waals surface area contributed by atoms with Crippen molar-refractivity contribution in [1.29, 1.82) is 0 Å². The summed E-state index contributed by atoms with van der Waals surface area (Å²) in [6, 6.07) is 15.7. The van der Waals surface area contributed by atoms with Crippen LogP contribution < -0.4 is 4.74 Å². The number of hydrogen-bond acceptors (Lipinski definition) is 5. The molecule has 0 saturated heterocycles. The number of nitrogens with zero attached hydrogens (tertiary/aromatic N) is 2. The zero-order chi connectivity index (χ0) is 18.8. The average Bonchev–Trinajstić information content (AvgIpc) is 3.29. The van der Waals surface area contributed by atoms with E-state index in [-0.39, 0.29) is 12.5 Å². The second-order valence-electron chi connectivity index (χ2n) is 5.56. The number of furan rings is 1. The Morgan fingerprint density at radius 2 is 1.78 bits per heavy atom. The van der Waals surface area contributed by atoms with Crippen LogP contribution in [0.25, 0.3) is 23.0 Å². The molecule has 136 valence electrons. The summed E-state index contributed by atoms with van der Waals surface area (Å²) in [5.74, 6) is 2.28. The SMILES string of the molecule is Clc1cccc(OCc2ccc(-c3nc(-c4ccc(Cl)cc4Cl)no3)o2)c1. The molecule has 0 spiro atoms. The third-order valence-corrected chi connectivity index (χ3v) is 4.43. The molecule has 0 saturated carbocycles. The van der Waals surface area contributed by atoms with Gasteiger partial charge in [0, 0.05) is 15.6 Å². The first kappa shape index (κ1) is 17.9. The summed E-state index contributed by atoms with van der Waals surface area (Å²) in [7, 11) is 0. The normalized spacial score (nSPS) is 10.9. The van der Waals surface area contributed by atoms with Gasteiger partial charge in [0.05, 0.1) is 5.02 Å². The number of aromatic nitrogens is 2. The van der Waals surface area contributed by atoms with E-state index in [0.717, 1.165) is 0 Å². The Bertz CT molecular complexity index is 1090. The standard InChI is InChI=1S/C19H11Cl3N2O3/c20-11-2-1-3-13(8-11)25-10-14-5-7-17(26-14)19-23-18(24-27-19)15-6-4-12(21)9-16(15)22/h1-9H,10H2. The summed E-state index contributed by atoms with van der Waals surface area (Å²) in [5, 5.41) is 5.52. The van der Waals surface area contributed by atoms with E-state index in [1.54, 1.807) is 42.5 Å². The maximum Gasteiger partial charge on any atom is 0.293 e. The van der Waals surface area contributed by atoms with Gasteiger partial charge in [0.25, 0.3) is 5.89 Å². The molecule has 0 radical (unpaired) electrons. The van der Waals surface area contributed by atoms with E-state index in [4.69, 9.17) is 48.5 Å². The number of hydrogen-bond donors (Lipinski definition) is 0. The summed E-state index contributed by atoms with van der Waals surface area (Å²) < 4.78 is 16.6. The Kier molecular flexibility index (Phi) is 5.07. The highest BCUT2D eigenvalue weighted by molar-refractivity contribution is 6.36. The van der Waals surface area contributed by atoms with Crippen molar-refractivity contribution >= 4 is 34.8 Å². The van der Waals surface area contributed by atoms with Crippen molar-refractivity contribution in [2.75, 3.05) is 0 Å². The summed E-state index contributed by atoms with van der Waals surface area (Å²) >= 11 is 18.0. The summed E-state index contributed by atoms with van der Waals surface area (Å²) in [5.41, 5.74) is 0.618. The van der Waals surface area contributed by atoms with Gasteiger partial charge in [0.15, 0.2) is 5.76 Å². The minimum absolute atomic E-state index is 0.240. The van der Waals surface area contributed by atoms with Gasteiger partial charge >= 0.3 is 0 Å². The van der Waals surface area contributed by atoms with Gasteiger partial charge < -0.3 is 13.7 Å². The van der Waals surface area contributed by atoms with Crippen molar-refractivity contribution in [3.05, 3.63) is 75.4 Å². The van der Waals surface area contributed by atoms with Crippen LogP contribution in [0.5, 0.6) is 5.75 Å². The molecule has 0 amide bonds. The van der Waals surface area contributed by atoms with Crippen molar-refractivity contribution in [2.45, 2.75) is 6.61 Å². The topological polar surface area (TPSA) is 61.3 Å². The Hall–Kier alpha value is -2.47. The molecule has 0 fully saturated rings. The lowest BCUT2D eigenvalue weighted by atomic mass is 10.2. The van der Waals surface area contributed by atoms with E-state index >= 15 is 0 Å². The van der Waals surface area contributed by atoms with E-state index in [1.165, 1.54) is 0 Å². The van der Waals surface area contributed by atoms with Gasteiger partial charge in [-0.1, -0.05) is 46.0 Å². The number of halogens is 3. The van der Waals surface area contributed by atoms with Crippen LogP contribution in [0.3, 0.4) is 0 Å². The zero-order valence-corrected chi connectivity index (χ0v) is 15.9. The van der Waals surface area contributed by atoms with Crippen LogP contribution >= 0.6 is 34.8 Å². The van der Waals surface area contributed by atoms with Crippen LogP contribution in [-0.2, 0) is 6.61 Å². The molecular weight excluding hydrogens is 411 g/mol. The van der Waals surface area contributed by atoms with Crippen LogP contribution in [0.15, 0.2) is 63.5 Å². The second-order valence-corrected chi connectivity index (χ2v) is 6.84. The first-order chi connectivity index (χ1) is 13.1. The van der Waals surface area contributed by atoms with Crippen LogP contribution in [-0.4, -0.2) is 10.1 Å². The predicted octanol–water partition coefficient (Wildman–Crippen LogP) is 6.54. The van der Waals surface area contributed by atoms with Crippen molar-refractivity contribution in [3.8, 4) is 28.8 Å². The molecule has 2 aromatic carbocycles. The Labute approximate surface area is 169 Å². The third-order valence-electron chi connectivity index (χ3n) is 3.65. The summed E-state index contributed by atoms with van der Waals surface area (Å²) in [6.07, 6.45) is 0. The van der Waals surface area contributed by atoms with Gasteiger partial charge in [0.1, 0.15) is 18.1 Å². The van der Waals surface area contributed by atoms with E-state index in [9.17, 15) is 0 Å². The van der Waals surface area contributed by atoms with Gasteiger partial charge in [-0.3, -0.25) is 0 Å². The minimum atomic E-state index is 0.240. The van der Waals surface area contributed by atoms with E-state index < -0.39 is 0 Å². The molecule has 0 unspecified atom stereocenters. The third kappa shape index (κ3) is 4.11. The molecule has 27 heavy (non-hydrogen) atoms. The lowest BCUT2D eigenvalue weighted by molar-refractivity contribution is 0.270. The number of benzene rings is 2. The van der Waals surface area contributed by atoms with Crippen LogP contribution in [0.4, 0.5) is 0 Å². The van der Waals surface area contributed by atoms with Crippen LogP contribution in [0.1, 0.15) is 5.76 Å². The Balaban J connectivity index is 1.49. The van der Waals surface area contributed by atoms with Crippen molar-refractivity contribution in [2.24, 2.45) is 0 Å². The smallest absolute Gasteiger partial charge is 0.293 e. The van der Waals surface area contributed by atoms with Gasteiger partial charge in [-0.05, 0) is 48.5 Å². The largest absolute Gasteiger partial charge is 0.486 e. The molecule has 0 aliphatic heterocycles. The molecule has 5 nitrogen and oxygen atoms in total. The van der Waals surface area contributed by atoms with E-state index in [2.05, 4.69) is 10.1 Å². The molecule has 8 heteroatoms. The second kappa shape index (κ2) is 7.64. The highest BCUT2D eigenvalue weighted by atomic mass is 35.5. The first-order valence-corrected chi connectivity index (χ1v) is 8.98. The molecule has 0 aliphatic carbocycles. The monoisotopic (exact) mass is 420 g/mol. The quantitative estimate of drug-likeness (QED) is 0.366. The lowest BCUT2D eigenvalue weighted by Gasteiger charge is -2.03. The Morgan fingerprint density at radius 3 is 2.59 bits per heavy atom. The molecular formula is C19H11Cl3N2O3. The average molecular weight is 422 g/mol. The van der Waals surface area contributed by atoms with Gasteiger partial charge in [-0.15, -0.1) is 0 Å². The van der Waals surface area contributed by atoms with Gasteiger partial charge in [0.2, 0.25) is 5.82 Å². The molecule has 4 aromatic rings. The number of rotatable bonds is 5. The first-order valence-electron chi connectivity index (χ1n) is 7.85. The highest BCUT2D eigenvalue weighted by Crippen LogP contribution is 2.30. The molecule has 4 rings (SSSR count). The maximum atomic E-state index is 6.18. The van der Waals surface area contributed by atoms with Gasteiger partial charge in [-0.2, -0.15) is 4.98 Å². The summed E-state index contributed by atoms with van der Waals surface area (Å²) in [4.78, 5) is 4.33. The number of ether oxygens (including phenoxy) is 1. The van der Waals surface area contributed by atoms with Crippen molar-refractivity contribution in [3.63, 3.8) is 0 Å². The maximum absolute atomic E-state index is 6.18. The zero-order valence-electron chi connectivity index (χ0n) is 13.7. The molecule has 2 aromatic heterocycles. The minimum Gasteiger partial charge on any atom is -0.486 e. The van der Waals surface area contributed by atoms with Crippen molar-refractivity contribution in [1.82, 2.24) is 10.1 Å². The lowest BCUT2D eigenvalue weighted by Crippen LogP contribution is -1.93. The van der Waals surface area contributed by atoms with Crippen molar-refractivity contribution < 1.29 is 13.7 Å². The Morgan fingerprint density at radius 1 is 0.926 bits per heavy atom.